The van der Waals surface area contributed by atoms with Crippen molar-refractivity contribution in [3.63, 3.8) is 0 Å². The summed E-state index contributed by atoms with van der Waals surface area (Å²) in [5.74, 6) is -0.125. The Labute approximate surface area is 87.7 Å². The van der Waals surface area contributed by atoms with Crippen molar-refractivity contribution in [1.29, 1.82) is 0 Å². The van der Waals surface area contributed by atoms with Crippen LogP contribution >= 0.6 is 0 Å². The molecule has 1 saturated heterocycles. The van der Waals surface area contributed by atoms with E-state index in [9.17, 15) is 4.79 Å². The van der Waals surface area contributed by atoms with E-state index in [0.29, 0.717) is 12.2 Å². The zero-order valence-electron chi connectivity index (χ0n) is 8.55. The number of aliphatic carboxylic acids is 1. The SMILES string of the molecule is Cc1ccc(N2CCCC2C(=O)O)nn1. The maximum Gasteiger partial charge on any atom is 0.326 e. The lowest BCUT2D eigenvalue weighted by Gasteiger charge is -2.21. The van der Waals surface area contributed by atoms with E-state index in [-0.39, 0.29) is 0 Å². The number of rotatable bonds is 2. The molecule has 0 aromatic carbocycles. The molecule has 1 N–H and O–H groups in total. The van der Waals surface area contributed by atoms with Crippen molar-refractivity contribution in [3.8, 4) is 0 Å². The number of hydrogen-bond donors (Lipinski definition) is 1. The molecule has 1 fully saturated rings. The number of hydrogen-bond acceptors (Lipinski definition) is 4. The lowest BCUT2D eigenvalue weighted by Crippen LogP contribution is -2.36. The van der Waals surface area contributed by atoms with Crippen LogP contribution in [0.1, 0.15) is 18.5 Å². The zero-order chi connectivity index (χ0) is 10.8. The van der Waals surface area contributed by atoms with Gasteiger partial charge < -0.3 is 10.0 Å². The van der Waals surface area contributed by atoms with Crippen LogP contribution in [0.15, 0.2) is 12.1 Å². The second-order valence-electron chi connectivity index (χ2n) is 3.72. The lowest BCUT2D eigenvalue weighted by molar-refractivity contribution is -0.138. The van der Waals surface area contributed by atoms with Crippen molar-refractivity contribution in [2.45, 2.75) is 25.8 Å². The minimum Gasteiger partial charge on any atom is -0.480 e. The molecule has 1 aliphatic heterocycles. The van der Waals surface area contributed by atoms with Gasteiger partial charge in [-0.3, -0.25) is 0 Å². The molecule has 0 amide bonds. The molecule has 1 aromatic rings. The molecule has 0 bridgehead atoms. The summed E-state index contributed by atoms with van der Waals surface area (Å²) in [6, 6.07) is 3.23. The van der Waals surface area contributed by atoms with E-state index in [1.54, 1.807) is 4.90 Å². The first-order valence-corrected chi connectivity index (χ1v) is 4.98. The molecule has 5 heteroatoms. The van der Waals surface area contributed by atoms with Gasteiger partial charge in [-0.05, 0) is 31.9 Å². The summed E-state index contributed by atoms with van der Waals surface area (Å²) in [6.07, 6.45) is 1.58. The van der Waals surface area contributed by atoms with Gasteiger partial charge >= 0.3 is 5.97 Å². The van der Waals surface area contributed by atoms with Crippen molar-refractivity contribution >= 4 is 11.8 Å². The van der Waals surface area contributed by atoms with Crippen molar-refractivity contribution in [1.82, 2.24) is 10.2 Å². The third-order valence-corrected chi connectivity index (χ3v) is 2.62. The predicted molar refractivity (Wildman–Crippen MR) is 54.8 cm³/mol. The highest BCUT2D eigenvalue weighted by molar-refractivity contribution is 5.78. The zero-order valence-corrected chi connectivity index (χ0v) is 8.55. The fraction of sp³-hybridized carbons (Fsp3) is 0.500. The Bertz CT molecular complexity index is 363. The molecule has 0 spiro atoms. The largest absolute Gasteiger partial charge is 0.480 e. The highest BCUT2D eigenvalue weighted by Gasteiger charge is 2.31. The van der Waals surface area contributed by atoms with Gasteiger partial charge in [0.05, 0.1) is 5.69 Å². The molecule has 1 unspecified atom stereocenters. The third kappa shape index (κ3) is 1.91. The number of carboxylic acids is 1. The summed E-state index contributed by atoms with van der Waals surface area (Å²) in [5, 5.41) is 16.9. The van der Waals surface area contributed by atoms with Crippen molar-refractivity contribution in [2.75, 3.05) is 11.4 Å². The molecule has 5 nitrogen and oxygen atoms in total. The molecule has 1 aliphatic rings. The van der Waals surface area contributed by atoms with Crippen LogP contribution in [0, 0.1) is 6.92 Å². The quantitative estimate of drug-likeness (QED) is 0.778. The summed E-state index contributed by atoms with van der Waals surface area (Å²) in [6.45, 7) is 2.60. The van der Waals surface area contributed by atoms with E-state index in [2.05, 4.69) is 10.2 Å². The van der Waals surface area contributed by atoms with E-state index in [1.165, 1.54) is 0 Å². The molecular formula is C10H13N3O2. The van der Waals surface area contributed by atoms with Crippen LogP contribution in [0.3, 0.4) is 0 Å². The fourth-order valence-electron chi connectivity index (χ4n) is 1.84. The van der Waals surface area contributed by atoms with Gasteiger partial charge in [-0.1, -0.05) is 0 Å². The number of carboxylic acid groups (broad SMARTS) is 1. The summed E-state index contributed by atoms with van der Waals surface area (Å²) in [4.78, 5) is 12.8. The molecule has 0 aliphatic carbocycles. The first kappa shape index (κ1) is 9.89. The average Bonchev–Trinajstić information content (AvgIpc) is 2.67. The summed E-state index contributed by atoms with van der Waals surface area (Å²) in [5.41, 5.74) is 0.838. The summed E-state index contributed by atoms with van der Waals surface area (Å²) < 4.78 is 0. The van der Waals surface area contributed by atoms with Gasteiger partial charge in [-0.2, -0.15) is 5.10 Å². The predicted octanol–water partition coefficient (Wildman–Crippen LogP) is 0.838. The van der Waals surface area contributed by atoms with E-state index in [0.717, 1.165) is 18.7 Å². The first-order chi connectivity index (χ1) is 7.18. The second kappa shape index (κ2) is 3.84. The topological polar surface area (TPSA) is 66.3 Å². The number of nitrogens with zero attached hydrogens (tertiary/aromatic N) is 3. The second-order valence-corrected chi connectivity index (χ2v) is 3.72. The van der Waals surface area contributed by atoms with Crippen molar-refractivity contribution in [2.24, 2.45) is 0 Å². The van der Waals surface area contributed by atoms with E-state index >= 15 is 0 Å². The van der Waals surface area contributed by atoms with Crippen LogP contribution in [0.2, 0.25) is 0 Å². The van der Waals surface area contributed by atoms with Crippen LogP contribution in [0.25, 0.3) is 0 Å². The van der Waals surface area contributed by atoms with Gasteiger partial charge in [0.1, 0.15) is 6.04 Å². The smallest absolute Gasteiger partial charge is 0.326 e. The lowest BCUT2D eigenvalue weighted by atomic mass is 10.2. The summed E-state index contributed by atoms with van der Waals surface area (Å²) >= 11 is 0. The first-order valence-electron chi connectivity index (χ1n) is 4.98. The van der Waals surface area contributed by atoms with Gasteiger partial charge in [-0.15, -0.1) is 5.10 Å². The Morgan fingerprint density at radius 2 is 2.33 bits per heavy atom. The van der Waals surface area contributed by atoms with Gasteiger partial charge in [0.15, 0.2) is 5.82 Å². The number of carbonyl (C=O) groups is 1. The molecule has 15 heavy (non-hydrogen) atoms. The third-order valence-electron chi connectivity index (χ3n) is 2.62. The molecule has 1 aromatic heterocycles. The maximum atomic E-state index is 11.0. The Kier molecular flexibility index (Phi) is 2.53. The van der Waals surface area contributed by atoms with Crippen LogP contribution in [0.4, 0.5) is 5.82 Å². The van der Waals surface area contributed by atoms with E-state index in [4.69, 9.17) is 5.11 Å². The molecular weight excluding hydrogens is 194 g/mol. The van der Waals surface area contributed by atoms with Gasteiger partial charge in [0.2, 0.25) is 0 Å². The normalized spacial score (nSPS) is 20.6. The van der Waals surface area contributed by atoms with Crippen LogP contribution in [-0.4, -0.2) is 33.9 Å². The number of aryl methyl sites for hydroxylation is 1. The van der Waals surface area contributed by atoms with Crippen molar-refractivity contribution < 1.29 is 9.90 Å². The molecule has 80 valence electrons. The van der Waals surface area contributed by atoms with E-state index in [1.807, 2.05) is 19.1 Å². The van der Waals surface area contributed by atoms with E-state index < -0.39 is 12.0 Å². The number of aromatic nitrogens is 2. The minimum absolute atomic E-state index is 0.443. The van der Waals surface area contributed by atoms with Crippen LogP contribution in [0.5, 0.6) is 0 Å². The number of anilines is 1. The molecule has 0 saturated carbocycles. The summed E-state index contributed by atoms with van der Waals surface area (Å²) in [7, 11) is 0. The minimum atomic E-state index is -0.783. The highest BCUT2D eigenvalue weighted by Crippen LogP contribution is 2.23. The fourth-order valence-corrected chi connectivity index (χ4v) is 1.84. The van der Waals surface area contributed by atoms with Crippen LogP contribution in [-0.2, 0) is 4.79 Å². The van der Waals surface area contributed by atoms with Crippen LogP contribution < -0.4 is 4.90 Å². The van der Waals surface area contributed by atoms with Gasteiger partial charge in [-0.25, -0.2) is 4.79 Å². The Balaban J connectivity index is 2.22. The highest BCUT2D eigenvalue weighted by atomic mass is 16.4. The Hall–Kier alpha value is -1.65. The average molecular weight is 207 g/mol. The molecule has 0 radical (unpaired) electrons. The van der Waals surface area contributed by atoms with Gasteiger partial charge in [0, 0.05) is 6.54 Å². The van der Waals surface area contributed by atoms with Crippen molar-refractivity contribution in [3.05, 3.63) is 17.8 Å². The Morgan fingerprint density at radius 3 is 2.93 bits per heavy atom. The van der Waals surface area contributed by atoms with Gasteiger partial charge in [0.25, 0.3) is 0 Å². The Morgan fingerprint density at radius 1 is 1.53 bits per heavy atom. The monoisotopic (exact) mass is 207 g/mol. The molecule has 2 heterocycles. The maximum absolute atomic E-state index is 11.0. The molecule has 2 rings (SSSR count). The molecule has 1 atom stereocenters. The standard InChI is InChI=1S/C10H13N3O2/c1-7-4-5-9(12-11-7)13-6-2-3-8(13)10(14)15/h4-5,8H,2-3,6H2,1H3,(H,14,15).